The van der Waals surface area contributed by atoms with Crippen molar-refractivity contribution in [2.75, 3.05) is 0 Å². The van der Waals surface area contributed by atoms with E-state index in [1.54, 1.807) is 0 Å². The molecule has 0 saturated carbocycles. The van der Waals surface area contributed by atoms with Crippen LogP contribution in [0.2, 0.25) is 0 Å². The van der Waals surface area contributed by atoms with Gasteiger partial charge in [0.15, 0.2) is 17.4 Å². The molecule has 4 nitrogen and oxygen atoms in total. The van der Waals surface area contributed by atoms with Gasteiger partial charge in [0.1, 0.15) is 0 Å². The van der Waals surface area contributed by atoms with Crippen molar-refractivity contribution in [2.45, 2.75) is 0 Å². The van der Waals surface area contributed by atoms with Crippen molar-refractivity contribution >= 4 is 25.2 Å². The summed E-state index contributed by atoms with van der Waals surface area (Å²) in [5.74, 6) is 0. The Morgan fingerprint density at radius 1 is 1.27 bits per heavy atom. The van der Waals surface area contributed by atoms with E-state index in [0.717, 1.165) is 0 Å². The molecule has 0 aromatic rings. The molecule has 0 unspecified atom stereocenters. The van der Waals surface area contributed by atoms with Crippen LogP contribution in [0.1, 0.15) is 0 Å². The second-order valence-corrected chi connectivity index (χ2v) is 1.88. The first-order chi connectivity index (χ1) is 3.73. The van der Waals surface area contributed by atoms with E-state index < -0.39 is 13.9 Å². The molecule has 0 fully saturated rings. The first-order valence-corrected chi connectivity index (χ1v) is 3.08. The van der Waals surface area contributed by atoms with Crippen molar-refractivity contribution in [3.8, 4) is 0 Å². The smallest absolute Gasteiger partial charge is 0.303 e. The van der Waals surface area contributed by atoms with Gasteiger partial charge in [-0.2, -0.15) is 8.78 Å². The van der Waals surface area contributed by atoms with Crippen LogP contribution in [-0.4, -0.2) is 32.0 Å². The molecule has 0 rings (SSSR count). The zero-order valence-corrected chi connectivity index (χ0v) is 7.12. The summed E-state index contributed by atoms with van der Waals surface area (Å²) in [6, 6.07) is 0. The van der Waals surface area contributed by atoms with Gasteiger partial charge in [-0.15, -0.1) is 0 Å². The summed E-state index contributed by atoms with van der Waals surface area (Å²) in [5, 5.41) is 0. The molecule has 0 heterocycles. The molecule has 0 aromatic heterocycles. The molecule has 0 bridgehead atoms. The number of rotatable bonds is 0. The maximum Gasteiger partial charge on any atom is 0.466 e. The summed E-state index contributed by atoms with van der Waals surface area (Å²) in [6.07, 6.45) is -1.83. The normalized spacial score (nSPS) is 7.73. The maximum absolute atomic E-state index is 10.1. The van der Waals surface area contributed by atoms with Gasteiger partial charge in [0.05, 0.1) is 0 Å². The molecule has 0 amide bonds. The zero-order valence-electron chi connectivity index (χ0n) is 4.66. The Balaban J connectivity index is -0.0000000383. The van der Waals surface area contributed by atoms with Crippen LogP contribution in [0.4, 0.5) is 8.78 Å². The minimum Gasteiger partial charge on any atom is -0.303 e. The predicted molar refractivity (Wildman–Crippen MR) is 35.6 cm³/mol. The third kappa shape index (κ3) is 960. The molecule has 3 N–H and O–H groups in total. The second kappa shape index (κ2) is 11.0. The van der Waals surface area contributed by atoms with Crippen LogP contribution in [0, 0.1) is 0 Å². The van der Waals surface area contributed by atoms with Crippen molar-refractivity contribution in [3.63, 3.8) is 0 Å². The van der Waals surface area contributed by atoms with Crippen LogP contribution >= 0.6 is 7.82 Å². The third-order valence-electron chi connectivity index (χ3n) is 0. The summed E-state index contributed by atoms with van der Waals surface area (Å²) < 4.78 is 29.2. The summed E-state index contributed by atoms with van der Waals surface area (Å²) in [7, 11) is -4.64. The van der Waals surface area contributed by atoms with Crippen molar-refractivity contribution in [2.24, 2.45) is 0 Å². The minimum absolute atomic E-state index is 0. The van der Waals surface area contributed by atoms with Gasteiger partial charge >= 0.3 is 7.82 Å². The number of phosphoric acid groups is 1. The van der Waals surface area contributed by atoms with Crippen LogP contribution in [0.25, 0.3) is 0 Å². The standard InChI is InChI=1S/C2H2F2.Al.H3O4P.Ti.3H/c1-2(3)4;;1-5(2,3)4;;;;/h1H2;;(H3,1,2,3,4);;;;. The summed E-state index contributed by atoms with van der Waals surface area (Å²) >= 11 is 0. The minimum atomic E-state index is -4.64. The Kier molecular flexibility index (Phi) is 22.6. The van der Waals surface area contributed by atoms with Gasteiger partial charge in [0, 0.05) is 21.7 Å². The molecule has 0 saturated heterocycles. The zero-order chi connectivity index (χ0) is 8.08. The molecule has 0 aliphatic carbocycles. The molecule has 0 aliphatic rings. The fourth-order valence-electron chi connectivity index (χ4n) is 0. The molecule has 0 aromatic carbocycles. The van der Waals surface area contributed by atoms with Gasteiger partial charge in [0.2, 0.25) is 0 Å². The average Bonchev–Trinajstić information content (AvgIpc) is 1.19. The Morgan fingerprint density at radius 2 is 1.27 bits per heavy atom. The van der Waals surface area contributed by atoms with Crippen LogP contribution in [0.15, 0.2) is 12.7 Å². The van der Waals surface area contributed by atoms with E-state index in [1.165, 1.54) is 0 Å². The molecule has 66 valence electrons. The Morgan fingerprint density at radius 3 is 1.27 bits per heavy atom. The first kappa shape index (κ1) is 22.7. The van der Waals surface area contributed by atoms with Crippen molar-refractivity contribution in [1.29, 1.82) is 0 Å². The SMILES string of the molecule is C=C(F)F.O=P(O)(O)O.[AlH3].[Ti]. The molecule has 0 spiro atoms. The first-order valence-electron chi connectivity index (χ1n) is 1.51. The summed E-state index contributed by atoms with van der Waals surface area (Å²) in [4.78, 5) is 21.6. The molecule has 0 atom stereocenters. The van der Waals surface area contributed by atoms with Crippen LogP contribution < -0.4 is 0 Å². The van der Waals surface area contributed by atoms with E-state index in [1.807, 2.05) is 0 Å². The van der Waals surface area contributed by atoms with E-state index in [-0.39, 0.29) is 39.1 Å². The van der Waals surface area contributed by atoms with E-state index in [2.05, 4.69) is 6.58 Å². The molecule has 0 radical (unpaired) electrons. The van der Waals surface area contributed by atoms with Crippen LogP contribution in [-0.2, 0) is 26.3 Å². The summed E-state index contributed by atoms with van der Waals surface area (Å²) in [6.45, 7) is 2.22. The largest absolute Gasteiger partial charge is 0.466 e. The predicted octanol–water partition coefficient (Wildman–Crippen LogP) is -0.718. The average molecular weight is 240 g/mol. The molecular formula is C2H8AlF2O4PTi. The Bertz CT molecular complexity index is 126. The fraction of sp³-hybridized carbons (Fsp3) is 0. The summed E-state index contributed by atoms with van der Waals surface area (Å²) in [5.41, 5.74) is 0. The van der Waals surface area contributed by atoms with Crippen molar-refractivity contribution in [3.05, 3.63) is 12.7 Å². The van der Waals surface area contributed by atoms with Gasteiger partial charge in [-0.25, -0.2) is 4.57 Å². The van der Waals surface area contributed by atoms with Crippen molar-refractivity contribution in [1.82, 2.24) is 0 Å². The van der Waals surface area contributed by atoms with Crippen LogP contribution in [0.3, 0.4) is 0 Å². The van der Waals surface area contributed by atoms with Gasteiger partial charge in [-0.1, -0.05) is 0 Å². The van der Waals surface area contributed by atoms with Gasteiger partial charge in [-0.05, 0) is 6.58 Å². The van der Waals surface area contributed by atoms with E-state index >= 15 is 0 Å². The quantitative estimate of drug-likeness (QED) is 0.385. The molecule has 0 aliphatic heterocycles. The maximum atomic E-state index is 10.1. The van der Waals surface area contributed by atoms with Crippen molar-refractivity contribution < 1.29 is 49.7 Å². The van der Waals surface area contributed by atoms with Gasteiger partial charge in [-0.3, -0.25) is 0 Å². The number of hydrogen-bond acceptors (Lipinski definition) is 1. The van der Waals surface area contributed by atoms with E-state index in [0.29, 0.717) is 0 Å². The monoisotopic (exact) mass is 240 g/mol. The van der Waals surface area contributed by atoms with Gasteiger partial charge in [0.25, 0.3) is 6.08 Å². The van der Waals surface area contributed by atoms with Crippen LogP contribution in [0.5, 0.6) is 0 Å². The Hall–Kier alpha value is 0.957. The Labute approximate surface area is 87.6 Å². The van der Waals surface area contributed by atoms with E-state index in [4.69, 9.17) is 19.2 Å². The molecule has 11 heavy (non-hydrogen) atoms. The van der Waals surface area contributed by atoms with Gasteiger partial charge < -0.3 is 14.7 Å². The molecular weight excluding hydrogens is 232 g/mol. The number of halogens is 2. The third-order valence-corrected chi connectivity index (χ3v) is 0. The molecule has 9 heteroatoms. The topological polar surface area (TPSA) is 77.8 Å². The second-order valence-electron chi connectivity index (χ2n) is 0.852. The fourth-order valence-corrected chi connectivity index (χ4v) is 0. The number of hydrogen-bond donors (Lipinski definition) is 3. The van der Waals surface area contributed by atoms with E-state index in [9.17, 15) is 8.78 Å².